The number of carboxylic acid groups (broad SMARTS) is 1. The van der Waals surface area contributed by atoms with Crippen molar-refractivity contribution in [2.24, 2.45) is 22.7 Å². The van der Waals surface area contributed by atoms with E-state index in [-0.39, 0.29) is 11.3 Å². The lowest BCUT2D eigenvalue weighted by Gasteiger charge is -2.53. The molecule has 3 heteroatoms. The Kier molecular flexibility index (Phi) is 4.83. The van der Waals surface area contributed by atoms with Crippen molar-refractivity contribution in [3.05, 3.63) is 24.3 Å². The topological polar surface area (TPSA) is 57.5 Å². The third-order valence-electron chi connectivity index (χ3n) is 6.89. The fourth-order valence-electron chi connectivity index (χ4n) is 4.57. The minimum Gasteiger partial charge on any atom is -0.481 e. The number of carboxylic acids is 1. The molecule has 2 N–H and O–H groups in total. The fourth-order valence-corrected chi connectivity index (χ4v) is 4.57. The van der Waals surface area contributed by atoms with Gasteiger partial charge in [0.05, 0.1) is 11.0 Å². The van der Waals surface area contributed by atoms with Gasteiger partial charge in [-0.05, 0) is 69.6 Å². The lowest BCUT2D eigenvalue weighted by atomic mass is 9.51. The normalized spacial score (nSPS) is 39.8. The standard InChI is InChI=1S/C20H32O3/c1-6-18(3,23)12-13-19(4)14(2)9-10-16-15(19)8-7-11-20(16,5)17(21)22/h6,8,14,16,23H,1,7,9-13H2,2-5H3,(H,21,22)/t14-,16-,18-,19+,20-/m1/s1. The highest BCUT2D eigenvalue weighted by Gasteiger charge is 2.52. The highest BCUT2D eigenvalue weighted by molar-refractivity contribution is 5.75. The van der Waals surface area contributed by atoms with Crippen LogP contribution in [0, 0.1) is 22.7 Å². The van der Waals surface area contributed by atoms with Gasteiger partial charge in [-0.2, -0.15) is 0 Å². The molecule has 0 unspecified atom stereocenters. The highest BCUT2D eigenvalue weighted by Crippen LogP contribution is 2.58. The Labute approximate surface area is 140 Å². The molecule has 0 saturated heterocycles. The maximum atomic E-state index is 11.9. The van der Waals surface area contributed by atoms with Crippen LogP contribution in [0.25, 0.3) is 0 Å². The Morgan fingerprint density at radius 3 is 2.70 bits per heavy atom. The molecule has 5 atom stereocenters. The molecule has 1 fully saturated rings. The molecule has 2 aliphatic carbocycles. The van der Waals surface area contributed by atoms with Gasteiger partial charge in [0.1, 0.15) is 0 Å². The first-order valence-corrected chi connectivity index (χ1v) is 8.87. The Hall–Kier alpha value is -1.09. The van der Waals surface area contributed by atoms with Crippen molar-refractivity contribution in [2.45, 2.75) is 71.8 Å². The van der Waals surface area contributed by atoms with Crippen LogP contribution in [0.4, 0.5) is 0 Å². The highest BCUT2D eigenvalue weighted by atomic mass is 16.4. The molecule has 0 aliphatic heterocycles. The summed E-state index contributed by atoms with van der Waals surface area (Å²) in [5, 5.41) is 20.1. The Balaban J connectivity index is 2.33. The summed E-state index contributed by atoms with van der Waals surface area (Å²) in [7, 11) is 0. The molecule has 0 amide bonds. The summed E-state index contributed by atoms with van der Waals surface area (Å²) in [6, 6.07) is 0. The van der Waals surface area contributed by atoms with Gasteiger partial charge in [0.15, 0.2) is 0 Å². The third kappa shape index (κ3) is 3.13. The Morgan fingerprint density at radius 1 is 1.48 bits per heavy atom. The molecule has 0 bridgehead atoms. The molecule has 1 saturated carbocycles. The van der Waals surface area contributed by atoms with Gasteiger partial charge in [-0.3, -0.25) is 4.79 Å². The van der Waals surface area contributed by atoms with Crippen LogP contribution in [0.2, 0.25) is 0 Å². The largest absolute Gasteiger partial charge is 0.481 e. The van der Waals surface area contributed by atoms with Gasteiger partial charge in [-0.15, -0.1) is 6.58 Å². The SMILES string of the molecule is C=C[C@@](C)(O)CC[C@]1(C)C2=CCC[C@@](C)(C(=O)O)[C@@H]2CC[C@H]1C. The maximum Gasteiger partial charge on any atom is 0.309 e. The second-order valence-corrected chi connectivity index (χ2v) is 8.43. The van der Waals surface area contributed by atoms with Gasteiger partial charge in [-0.1, -0.05) is 31.6 Å². The van der Waals surface area contributed by atoms with Crippen LogP contribution in [-0.2, 0) is 4.79 Å². The molecule has 2 aliphatic rings. The van der Waals surface area contributed by atoms with E-state index in [9.17, 15) is 15.0 Å². The summed E-state index contributed by atoms with van der Waals surface area (Å²) >= 11 is 0. The van der Waals surface area contributed by atoms with E-state index in [2.05, 4.69) is 26.5 Å². The number of carbonyl (C=O) groups is 1. The first-order valence-electron chi connectivity index (χ1n) is 8.87. The van der Waals surface area contributed by atoms with E-state index >= 15 is 0 Å². The van der Waals surface area contributed by atoms with E-state index in [0.29, 0.717) is 12.3 Å². The van der Waals surface area contributed by atoms with Crippen LogP contribution in [0.3, 0.4) is 0 Å². The van der Waals surface area contributed by atoms with E-state index < -0.39 is 17.0 Å². The van der Waals surface area contributed by atoms with E-state index in [1.807, 2.05) is 6.92 Å². The van der Waals surface area contributed by atoms with Crippen molar-refractivity contribution < 1.29 is 15.0 Å². The van der Waals surface area contributed by atoms with Gasteiger partial charge in [0, 0.05) is 0 Å². The zero-order chi connectivity index (χ0) is 17.5. The van der Waals surface area contributed by atoms with Crippen molar-refractivity contribution in [2.75, 3.05) is 0 Å². The van der Waals surface area contributed by atoms with Gasteiger partial charge in [-0.25, -0.2) is 0 Å². The fraction of sp³-hybridized carbons (Fsp3) is 0.750. The van der Waals surface area contributed by atoms with Gasteiger partial charge in [0.25, 0.3) is 0 Å². The van der Waals surface area contributed by atoms with Gasteiger partial charge < -0.3 is 10.2 Å². The summed E-state index contributed by atoms with van der Waals surface area (Å²) in [5.41, 5.74) is -0.215. The third-order valence-corrected chi connectivity index (χ3v) is 6.89. The average molecular weight is 320 g/mol. The molecule has 0 radical (unpaired) electrons. The van der Waals surface area contributed by atoms with Crippen LogP contribution in [0.15, 0.2) is 24.3 Å². The smallest absolute Gasteiger partial charge is 0.309 e. The first-order chi connectivity index (χ1) is 10.6. The number of hydrogen-bond donors (Lipinski definition) is 2. The van der Waals surface area contributed by atoms with Gasteiger partial charge >= 0.3 is 5.97 Å². The van der Waals surface area contributed by atoms with E-state index in [0.717, 1.165) is 32.1 Å². The van der Waals surface area contributed by atoms with E-state index in [1.54, 1.807) is 13.0 Å². The molecule has 130 valence electrons. The number of rotatable bonds is 5. The number of fused-ring (bicyclic) bond motifs is 1. The van der Waals surface area contributed by atoms with Crippen LogP contribution in [0.1, 0.15) is 66.2 Å². The predicted octanol–water partition coefficient (Wildman–Crippen LogP) is 4.57. The first kappa shape index (κ1) is 18.3. The number of allylic oxidation sites excluding steroid dienone is 2. The second-order valence-electron chi connectivity index (χ2n) is 8.43. The summed E-state index contributed by atoms with van der Waals surface area (Å²) in [4.78, 5) is 11.9. The Morgan fingerprint density at radius 2 is 2.13 bits per heavy atom. The Bertz CT molecular complexity index is 519. The van der Waals surface area contributed by atoms with E-state index in [1.165, 1.54) is 5.57 Å². The van der Waals surface area contributed by atoms with Crippen molar-refractivity contribution >= 4 is 5.97 Å². The minimum atomic E-state index is -0.860. The predicted molar refractivity (Wildman–Crippen MR) is 93.1 cm³/mol. The molecule has 0 aromatic carbocycles. The summed E-state index contributed by atoms with van der Waals surface area (Å²) in [6.45, 7) is 12.0. The molecule has 0 aromatic heterocycles. The lowest BCUT2D eigenvalue weighted by molar-refractivity contribution is -0.153. The second kappa shape index (κ2) is 6.08. The summed E-state index contributed by atoms with van der Waals surface area (Å²) < 4.78 is 0. The van der Waals surface area contributed by atoms with Crippen molar-refractivity contribution in [1.82, 2.24) is 0 Å². The van der Waals surface area contributed by atoms with Crippen molar-refractivity contribution in [3.8, 4) is 0 Å². The summed E-state index contributed by atoms with van der Waals surface area (Å²) in [6.07, 6.45) is 9.02. The zero-order valence-electron chi connectivity index (χ0n) is 15.1. The van der Waals surface area contributed by atoms with E-state index in [4.69, 9.17) is 0 Å². The number of aliphatic hydroxyl groups is 1. The van der Waals surface area contributed by atoms with Crippen LogP contribution in [-0.4, -0.2) is 21.8 Å². The molecule has 23 heavy (non-hydrogen) atoms. The maximum absolute atomic E-state index is 11.9. The quantitative estimate of drug-likeness (QED) is 0.730. The summed E-state index contributed by atoms with van der Waals surface area (Å²) in [5.74, 6) is -0.0338. The monoisotopic (exact) mass is 320 g/mol. The lowest BCUT2D eigenvalue weighted by Crippen LogP contribution is -2.47. The molecule has 0 aromatic rings. The number of aliphatic carboxylic acids is 1. The minimum absolute atomic E-state index is 0.0347. The molecular formula is C20H32O3. The molecule has 2 rings (SSSR count). The molecular weight excluding hydrogens is 288 g/mol. The van der Waals surface area contributed by atoms with Crippen molar-refractivity contribution in [1.29, 1.82) is 0 Å². The van der Waals surface area contributed by atoms with Crippen LogP contribution in [0.5, 0.6) is 0 Å². The zero-order valence-corrected chi connectivity index (χ0v) is 15.1. The average Bonchev–Trinajstić information content (AvgIpc) is 2.50. The van der Waals surface area contributed by atoms with Crippen LogP contribution < -0.4 is 0 Å². The molecule has 0 spiro atoms. The molecule has 3 nitrogen and oxygen atoms in total. The van der Waals surface area contributed by atoms with Gasteiger partial charge in [0.2, 0.25) is 0 Å². The number of hydrogen-bond acceptors (Lipinski definition) is 2. The molecule has 0 heterocycles. The van der Waals surface area contributed by atoms with Crippen molar-refractivity contribution in [3.63, 3.8) is 0 Å². The van der Waals surface area contributed by atoms with Crippen LogP contribution >= 0.6 is 0 Å².